The van der Waals surface area contributed by atoms with Crippen LogP contribution in [0.4, 0.5) is 11.5 Å². The molecule has 0 saturated carbocycles. The molecule has 0 spiro atoms. The summed E-state index contributed by atoms with van der Waals surface area (Å²) < 4.78 is 0. The molecule has 23 heavy (non-hydrogen) atoms. The summed E-state index contributed by atoms with van der Waals surface area (Å²) in [6.45, 7) is 5.79. The second-order valence-electron chi connectivity index (χ2n) is 6.23. The minimum Gasteiger partial charge on any atom is -0.347 e. The van der Waals surface area contributed by atoms with E-state index in [0.717, 1.165) is 5.69 Å². The number of aromatic amines is 1. The minimum absolute atomic E-state index is 0.184. The lowest BCUT2D eigenvalue weighted by molar-refractivity contribution is 0.0921. The first-order valence-corrected chi connectivity index (χ1v) is 7.26. The predicted octanol–water partition coefficient (Wildman–Crippen LogP) is 2.62. The first kappa shape index (κ1) is 15.0. The Kier molecular flexibility index (Phi) is 3.69. The average molecular weight is 310 g/mol. The van der Waals surface area contributed by atoms with Crippen LogP contribution >= 0.6 is 0 Å². The number of H-pyrrole nitrogens is 1. The second-order valence-corrected chi connectivity index (χ2v) is 6.23. The molecule has 0 saturated heterocycles. The highest BCUT2D eigenvalue weighted by molar-refractivity contribution is 6.04. The Bertz CT molecular complexity index is 835. The third kappa shape index (κ3) is 3.45. The van der Waals surface area contributed by atoms with Crippen molar-refractivity contribution in [2.45, 2.75) is 26.3 Å². The Balaban J connectivity index is 1.92. The van der Waals surface area contributed by atoms with Crippen LogP contribution in [0, 0.1) is 0 Å². The van der Waals surface area contributed by atoms with Gasteiger partial charge < -0.3 is 15.6 Å². The van der Waals surface area contributed by atoms with E-state index in [0.29, 0.717) is 22.5 Å². The van der Waals surface area contributed by atoms with E-state index in [-0.39, 0.29) is 11.4 Å². The fourth-order valence-corrected chi connectivity index (χ4v) is 2.12. The van der Waals surface area contributed by atoms with Crippen molar-refractivity contribution in [3.63, 3.8) is 0 Å². The molecule has 1 amide bonds. The Morgan fingerprint density at radius 3 is 2.78 bits per heavy atom. The zero-order chi connectivity index (χ0) is 16.4. The number of hydrogen-bond donors (Lipinski definition) is 3. The lowest BCUT2D eigenvalue weighted by Crippen LogP contribution is -2.40. The van der Waals surface area contributed by atoms with E-state index >= 15 is 0 Å². The molecule has 0 aliphatic carbocycles. The van der Waals surface area contributed by atoms with Crippen LogP contribution < -0.4 is 10.6 Å². The van der Waals surface area contributed by atoms with E-state index in [1.165, 1.54) is 0 Å². The smallest absolute Gasteiger partial charge is 0.255 e. The second kappa shape index (κ2) is 5.68. The van der Waals surface area contributed by atoms with Crippen molar-refractivity contribution < 1.29 is 4.79 Å². The fourth-order valence-electron chi connectivity index (χ4n) is 2.12. The third-order valence-electron chi connectivity index (χ3n) is 3.05. The summed E-state index contributed by atoms with van der Waals surface area (Å²) in [5.41, 5.74) is 2.05. The number of aromatic nitrogens is 4. The number of amides is 1. The quantitative estimate of drug-likeness (QED) is 0.691. The van der Waals surface area contributed by atoms with Gasteiger partial charge in [0.2, 0.25) is 0 Å². The monoisotopic (exact) mass is 310 g/mol. The lowest BCUT2D eigenvalue weighted by atomic mass is 10.1. The molecular weight excluding hydrogens is 292 g/mol. The number of hydrogen-bond acceptors (Lipinski definition) is 5. The van der Waals surface area contributed by atoms with Gasteiger partial charge in [0.15, 0.2) is 5.65 Å². The number of carbonyl (C=O) groups excluding carboxylic acids is 1. The van der Waals surface area contributed by atoms with Crippen molar-refractivity contribution in [3.05, 3.63) is 42.5 Å². The van der Waals surface area contributed by atoms with Crippen molar-refractivity contribution in [2.75, 3.05) is 5.32 Å². The number of pyridine rings is 1. The number of rotatable bonds is 3. The van der Waals surface area contributed by atoms with Gasteiger partial charge in [-0.3, -0.25) is 9.78 Å². The van der Waals surface area contributed by atoms with Crippen LogP contribution in [0.1, 0.15) is 31.1 Å². The van der Waals surface area contributed by atoms with Crippen LogP contribution in [0.25, 0.3) is 11.2 Å². The molecule has 0 fully saturated rings. The fraction of sp³-hybridized carbons (Fsp3) is 0.250. The van der Waals surface area contributed by atoms with E-state index < -0.39 is 0 Å². The van der Waals surface area contributed by atoms with Crippen LogP contribution in [-0.4, -0.2) is 31.4 Å². The maximum absolute atomic E-state index is 12.4. The van der Waals surface area contributed by atoms with Crippen molar-refractivity contribution in [3.8, 4) is 0 Å². The first-order valence-electron chi connectivity index (χ1n) is 7.26. The molecule has 7 nitrogen and oxygen atoms in total. The third-order valence-corrected chi connectivity index (χ3v) is 3.05. The highest BCUT2D eigenvalue weighted by Crippen LogP contribution is 2.19. The van der Waals surface area contributed by atoms with Crippen molar-refractivity contribution in [1.29, 1.82) is 0 Å². The van der Waals surface area contributed by atoms with E-state index in [1.807, 2.05) is 32.9 Å². The van der Waals surface area contributed by atoms with Gasteiger partial charge in [-0.25, -0.2) is 9.97 Å². The van der Waals surface area contributed by atoms with Gasteiger partial charge >= 0.3 is 0 Å². The highest BCUT2D eigenvalue weighted by atomic mass is 16.1. The van der Waals surface area contributed by atoms with Crippen LogP contribution in [-0.2, 0) is 0 Å². The number of nitrogens with one attached hydrogen (secondary N) is 3. The van der Waals surface area contributed by atoms with Gasteiger partial charge in [0.05, 0.1) is 23.6 Å². The van der Waals surface area contributed by atoms with Gasteiger partial charge in [-0.1, -0.05) is 0 Å². The summed E-state index contributed by atoms with van der Waals surface area (Å²) in [5, 5.41) is 6.04. The Hall–Kier alpha value is -2.96. The molecule has 118 valence electrons. The summed E-state index contributed by atoms with van der Waals surface area (Å²) in [7, 11) is 0. The molecule has 0 aliphatic heterocycles. The Labute approximate surface area is 133 Å². The Morgan fingerprint density at radius 2 is 2.09 bits per heavy atom. The summed E-state index contributed by atoms with van der Waals surface area (Å²) in [4.78, 5) is 28.2. The molecule has 0 radical (unpaired) electrons. The van der Waals surface area contributed by atoms with Crippen molar-refractivity contribution in [1.82, 2.24) is 25.3 Å². The summed E-state index contributed by atoms with van der Waals surface area (Å²) in [6.07, 6.45) is 6.62. The van der Waals surface area contributed by atoms with E-state index in [1.54, 1.807) is 24.8 Å². The molecular formula is C16H18N6O. The predicted molar refractivity (Wildman–Crippen MR) is 88.6 cm³/mol. The van der Waals surface area contributed by atoms with Gasteiger partial charge in [-0.2, -0.15) is 0 Å². The standard InChI is InChI=1S/C16H18N6O/c1-16(2,3)22-15(23)11-8-18-14-13(11)21-12(9-19-14)20-10-5-4-6-17-7-10/h4-9H,1-3H3,(H,18,19)(H,20,21)(H,22,23). The van der Waals surface area contributed by atoms with E-state index in [2.05, 4.69) is 30.6 Å². The lowest BCUT2D eigenvalue weighted by Gasteiger charge is -2.20. The molecule has 0 bridgehead atoms. The van der Waals surface area contributed by atoms with Crippen LogP contribution in [0.5, 0.6) is 0 Å². The van der Waals surface area contributed by atoms with Crippen LogP contribution in [0.15, 0.2) is 36.9 Å². The van der Waals surface area contributed by atoms with Gasteiger partial charge in [0.1, 0.15) is 11.3 Å². The molecule has 0 aromatic carbocycles. The summed E-state index contributed by atoms with van der Waals surface area (Å²) >= 11 is 0. The zero-order valence-electron chi connectivity index (χ0n) is 13.2. The maximum Gasteiger partial charge on any atom is 0.255 e. The maximum atomic E-state index is 12.4. The number of anilines is 2. The van der Waals surface area contributed by atoms with Crippen molar-refractivity contribution >= 4 is 28.6 Å². The van der Waals surface area contributed by atoms with E-state index in [9.17, 15) is 4.79 Å². The number of carbonyl (C=O) groups is 1. The molecule has 3 N–H and O–H groups in total. The zero-order valence-corrected chi connectivity index (χ0v) is 13.2. The molecule has 3 aromatic heterocycles. The molecule has 3 aromatic rings. The number of fused-ring (bicyclic) bond motifs is 1. The van der Waals surface area contributed by atoms with Gasteiger partial charge in [-0.15, -0.1) is 0 Å². The molecule has 0 unspecified atom stereocenters. The molecule has 3 rings (SSSR count). The van der Waals surface area contributed by atoms with Gasteiger partial charge in [0.25, 0.3) is 5.91 Å². The SMILES string of the molecule is CC(C)(C)NC(=O)c1c[nH]c2ncc(Nc3cccnc3)nc12. The molecule has 0 atom stereocenters. The Morgan fingerprint density at radius 1 is 1.26 bits per heavy atom. The minimum atomic E-state index is -0.320. The van der Waals surface area contributed by atoms with E-state index in [4.69, 9.17) is 0 Å². The van der Waals surface area contributed by atoms with Crippen LogP contribution in [0.2, 0.25) is 0 Å². The normalized spacial score (nSPS) is 11.4. The number of nitrogens with zero attached hydrogens (tertiary/aromatic N) is 3. The molecule has 7 heteroatoms. The van der Waals surface area contributed by atoms with Crippen molar-refractivity contribution in [2.24, 2.45) is 0 Å². The van der Waals surface area contributed by atoms with Crippen LogP contribution in [0.3, 0.4) is 0 Å². The highest BCUT2D eigenvalue weighted by Gasteiger charge is 2.19. The largest absolute Gasteiger partial charge is 0.347 e. The average Bonchev–Trinajstić information content (AvgIpc) is 2.90. The molecule has 0 aliphatic rings. The van der Waals surface area contributed by atoms with Gasteiger partial charge in [-0.05, 0) is 32.9 Å². The topological polar surface area (TPSA) is 95.6 Å². The molecule has 3 heterocycles. The summed E-state index contributed by atoms with van der Waals surface area (Å²) in [6, 6.07) is 3.70. The van der Waals surface area contributed by atoms with Gasteiger partial charge in [0, 0.05) is 17.9 Å². The first-order chi connectivity index (χ1) is 10.9. The summed E-state index contributed by atoms with van der Waals surface area (Å²) in [5.74, 6) is 0.367.